The van der Waals surface area contributed by atoms with Gasteiger partial charge in [-0.2, -0.15) is 0 Å². The van der Waals surface area contributed by atoms with Crippen molar-refractivity contribution in [2.45, 2.75) is 5.92 Å². The van der Waals surface area contributed by atoms with Gasteiger partial charge in [0.1, 0.15) is 5.82 Å². The van der Waals surface area contributed by atoms with E-state index in [2.05, 4.69) is 21.2 Å². The molecule has 1 aromatic carbocycles. The number of halogens is 2. The van der Waals surface area contributed by atoms with Crippen LogP contribution in [0.5, 0.6) is 0 Å². The van der Waals surface area contributed by atoms with Crippen LogP contribution >= 0.6 is 15.9 Å². The maximum absolute atomic E-state index is 13.3. The number of benzene rings is 1. The van der Waals surface area contributed by atoms with Gasteiger partial charge in [0.2, 0.25) is 0 Å². The lowest BCUT2D eigenvalue weighted by atomic mass is 9.89. The largest absolute Gasteiger partial charge is 0.469 e. The maximum Gasteiger partial charge on any atom is 0.310 e. The second kappa shape index (κ2) is 5.14. The van der Waals surface area contributed by atoms with E-state index < -0.39 is 0 Å². The Balaban J connectivity index is 2.32. The molecule has 0 amide bonds. The van der Waals surface area contributed by atoms with Crippen LogP contribution in [0.3, 0.4) is 0 Å². The Morgan fingerprint density at radius 2 is 2.29 bits per heavy atom. The Bertz CT molecular complexity index is 439. The number of carbonyl (C=O) groups is 1. The molecule has 0 aliphatic carbocycles. The van der Waals surface area contributed by atoms with Crippen LogP contribution in [-0.2, 0) is 9.53 Å². The average Bonchev–Trinajstić information content (AvgIpc) is 2.80. The molecule has 0 radical (unpaired) electrons. The molecule has 1 aliphatic heterocycles. The van der Waals surface area contributed by atoms with E-state index in [1.165, 1.54) is 19.2 Å². The average molecular weight is 302 g/mol. The fraction of sp³-hybridized carbons (Fsp3) is 0.417. The smallest absolute Gasteiger partial charge is 0.310 e. The zero-order valence-corrected chi connectivity index (χ0v) is 11.0. The van der Waals surface area contributed by atoms with Crippen molar-refractivity contribution in [1.29, 1.82) is 0 Å². The highest BCUT2D eigenvalue weighted by Gasteiger charge is 2.35. The lowest BCUT2D eigenvalue weighted by Crippen LogP contribution is -2.23. The third-order valence-corrected chi connectivity index (χ3v) is 3.80. The fourth-order valence-electron chi connectivity index (χ4n) is 2.20. The van der Waals surface area contributed by atoms with Crippen molar-refractivity contribution in [2.24, 2.45) is 5.92 Å². The molecule has 92 valence electrons. The molecule has 2 unspecified atom stereocenters. The van der Waals surface area contributed by atoms with Crippen LogP contribution in [0.15, 0.2) is 22.7 Å². The number of rotatable bonds is 2. The number of methoxy groups -OCH3 is 1. The molecule has 17 heavy (non-hydrogen) atoms. The van der Waals surface area contributed by atoms with Crippen molar-refractivity contribution < 1.29 is 13.9 Å². The van der Waals surface area contributed by atoms with Gasteiger partial charge in [0.05, 0.1) is 13.0 Å². The first kappa shape index (κ1) is 12.5. The molecule has 1 N–H and O–H groups in total. The van der Waals surface area contributed by atoms with E-state index in [1.54, 1.807) is 6.07 Å². The highest BCUT2D eigenvalue weighted by Crippen LogP contribution is 2.34. The molecular weight excluding hydrogens is 289 g/mol. The highest BCUT2D eigenvalue weighted by atomic mass is 79.9. The van der Waals surface area contributed by atoms with Gasteiger partial charge in [-0.3, -0.25) is 4.79 Å². The summed E-state index contributed by atoms with van der Waals surface area (Å²) >= 11 is 3.39. The number of hydrogen-bond donors (Lipinski definition) is 1. The van der Waals surface area contributed by atoms with E-state index in [0.717, 1.165) is 10.0 Å². The third kappa shape index (κ3) is 2.50. The van der Waals surface area contributed by atoms with Gasteiger partial charge in [-0.05, 0) is 23.8 Å². The quantitative estimate of drug-likeness (QED) is 0.850. The molecule has 1 fully saturated rings. The van der Waals surface area contributed by atoms with Gasteiger partial charge in [0.25, 0.3) is 0 Å². The van der Waals surface area contributed by atoms with Crippen LogP contribution < -0.4 is 5.32 Å². The summed E-state index contributed by atoms with van der Waals surface area (Å²) in [6, 6.07) is 4.53. The molecule has 0 spiro atoms. The standard InChI is InChI=1S/C12H13BrFNO2/c1-17-12(16)10-6-15-5-9(10)8-4-7(14)2-3-11(8)13/h2-4,9-10,15H,5-6H2,1H3. The van der Waals surface area contributed by atoms with E-state index in [9.17, 15) is 9.18 Å². The van der Waals surface area contributed by atoms with Crippen LogP contribution in [0.4, 0.5) is 4.39 Å². The number of carbonyl (C=O) groups excluding carboxylic acids is 1. The molecule has 2 rings (SSSR count). The molecule has 2 atom stereocenters. The summed E-state index contributed by atoms with van der Waals surface area (Å²) < 4.78 is 18.8. The van der Waals surface area contributed by atoms with Gasteiger partial charge in [0, 0.05) is 23.5 Å². The summed E-state index contributed by atoms with van der Waals surface area (Å²) in [5.41, 5.74) is 0.811. The lowest BCUT2D eigenvalue weighted by molar-refractivity contribution is -0.145. The van der Waals surface area contributed by atoms with Crippen LogP contribution in [-0.4, -0.2) is 26.2 Å². The number of nitrogens with one attached hydrogen (secondary N) is 1. The van der Waals surface area contributed by atoms with Gasteiger partial charge in [-0.25, -0.2) is 4.39 Å². The van der Waals surface area contributed by atoms with Gasteiger partial charge in [0.15, 0.2) is 0 Å². The molecule has 0 aromatic heterocycles. The Hall–Kier alpha value is -0.940. The van der Waals surface area contributed by atoms with Gasteiger partial charge in [-0.1, -0.05) is 15.9 Å². The fourth-order valence-corrected chi connectivity index (χ4v) is 2.74. The summed E-state index contributed by atoms with van der Waals surface area (Å²) in [4.78, 5) is 11.6. The zero-order chi connectivity index (χ0) is 12.4. The van der Waals surface area contributed by atoms with Crippen molar-refractivity contribution in [2.75, 3.05) is 20.2 Å². The van der Waals surface area contributed by atoms with Crippen LogP contribution in [0, 0.1) is 11.7 Å². The maximum atomic E-state index is 13.3. The molecule has 0 saturated carbocycles. The minimum Gasteiger partial charge on any atom is -0.469 e. The number of hydrogen-bond acceptors (Lipinski definition) is 3. The Labute approximate surface area is 107 Å². The van der Waals surface area contributed by atoms with E-state index in [-0.39, 0.29) is 23.6 Å². The Kier molecular flexibility index (Phi) is 3.79. The number of esters is 1. The normalized spacial score (nSPS) is 23.7. The minimum absolute atomic E-state index is 0.0486. The Morgan fingerprint density at radius 1 is 1.53 bits per heavy atom. The molecule has 1 aromatic rings. The molecule has 0 bridgehead atoms. The first-order valence-electron chi connectivity index (χ1n) is 5.37. The van der Waals surface area contributed by atoms with Gasteiger partial charge >= 0.3 is 5.97 Å². The van der Waals surface area contributed by atoms with Gasteiger partial charge < -0.3 is 10.1 Å². The van der Waals surface area contributed by atoms with E-state index in [4.69, 9.17) is 4.74 Å². The first-order chi connectivity index (χ1) is 8.13. The van der Waals surface area contributed by atoms with Crippen molar-refractivity contribution >= 4 is 21.9 Å². The molecule has 5 heteroatoms. The first-order valence-corrected chi connectivity index (χ1v) is 6.16. The second-order valence-electron chi connectivity index (χ2n) is 4.06. The molecule has 1 heterocycles. The lowest BCUT2D eigenvalue weighted by Gasteiger charge is -2.18. The summed E-state index contributed by atoms with van der Waals surface area (Å²) in [5.74, 6) is -0.847. The van der Waals surface area contributed by atoms with Gasteiger partial charge in [-0.15, -0.1) is 0 Å². The Morgan fingerprint density at radius 3 is 3.00 bits per heavy atom. The van der Waals surface area contributed by atoms with E-state index >= 15 is 0 Å². The van der Waals surface area contributed by atoms with Crippen LogP contribution in [0.2, 0.25) is 0 Å². The molecular formula is C12H13BrFNO2. The monoisotopic (exact) mass is 301 g/mol. The summed E-state index contributed by atoms with van der Waals surface area (Å²) in [7, 11) is 1.37. The van der Waals surface area contributed by atoms with E-state index in [1.807, 2.05) is 0 Å². The predicted molar refractivity (Wildman–Crippen MR) is 65.2 cm³/mol. The van der Waals surface area contributed by atoms with Crippen molar-refractivity contribution in [3.63, 3.8) is 0 Å². The van der Waals surface area contributed by atoms with Crippen molar-refractivity contribution in [1.82, 2.24) is 5.32 Å². The topological polar surface area (TPSA) is 38.3 Å². The summed E-state index contributed by atoms with van der Waals surface area (Å²) in [6.45, 7) is 1.22. The molecule has 1 aliphatic rings. The zero-order valence-electron chi connectivity index (χ0n) is 9.37. The highest BCUT2D eigenvalue weighted by molar-refractivity contribution is 9.10. The number of ether oxygens (including phenoxy) is 1. The predicted octanol–water partition coefficient (Wildman–Crippen LogP) is 2.06. The SMILES string of the molecule is COC(=O)C1CNCC1c1cc(F)ccc1Br. The van der Waals surface area contributed by atoms with Crippen LogP contribution in [0.25, 0.3) is 0 Å². The minimum atomic E-state index is -0.293. The van der Waals surface area contributed by atoms with Crippen molar-refractivity contribution in [3.05, 3.63) is 34.1 Å². The summed E-state index contributed by atoms with van der Waals surface area (Å²) in [5, 5.41) is 3.14. The molecule has 1 saturated heterocycles. The third-order valence-electron chi connectivity index (χ3n) is 3.08. The molecule has 3 nitrogen and oxygen atoms in total. The van der Waals surface area contributed by atoms with Crippen molar-refractivity contribution in [3.8, 4) is 0 Å². The summed E-state index contributed by atoms with van der Waals surface area (Å²) in [6.07, 6.45) is 0. The van der Waals surface area contributed by atoms with Crippen LogP contribution in [0.1, 0.15) is 11.5 Å². The second-order valence-corrected chi connectivity index (χ2v) is 4.91. The van der Waals surface area contributed by atoms with E-state index in [0.29, 0.717) is 13.1 Å².